The van der Waals surface area contributed by atoms with E-state index in [0.29, 0.717) is 17.5 Å². The number of aromatic nitrogens is 1. The number of thiophene rings is 1. The molecule has 0 spiro atoms. The van der Waals surface area contributed by atoms with E-state index in [1.165, 1.54) is 14.9 Å². The number of ether oxygens (including phenoxy) is 1. The van der Waals surface area contributed by atoms with Crippen LogP contribution in [0.25, 0.3) is 10.2 Å². The Kier molecular flexibility index (Phi) is 7.07. The molecule has 2 aromatic heterocycles. The number of sulfonamides is 1. The maximum absolute atomic E-state index is 14.5. The second-order valence-electron chi connectivity index (χ2n) is 7.42. The molecule has 1 aliphatic heterocycles. The molecule has 1 fully saturated rings. The van der Waals surface area contributed by atoms with Crippen LogP contribution in [0.1, 0.15) is 19.8 Å². The number of para-hydroxylation sites is 1. The number of thiazole rings is 1. The van der Waals surface area contributed by atoms with Gasteiger partial charge in [0.05, 0.1) is 16.8 Å². The number of hydrogen-bond donors (Lipinski definition) is 0. The minimum atomic E-state index is -3.56. The lowest BCUT2D eigenvalue weighted by atomic mass is 9.98. The normalized spacial score (nSPS) is 16.4. The number of carbonyl (C=O) groups is 2. The molecule has 0 N–H and O–H groups in total. The number of esters is 1. The van der Waals surface area contributed by atoms with Gasteiger partial charge in [-0.05, 0) is 43.3 Å². The van der Waals surface area contributed by atoms with Crippen LogP contribution in [0, 0.1) is 11.7 Å². The topological polar surface area (TPSA) is 98.0 Å². The summed E-state index contributed by atoms with van der Waals surface area (Å²) in [6, 6.07) is 7.79. The zero-order chi connectivity index (χ0) is 23.6. The fourth-order valence-corrected chi connectivity index (χ4v) is 7.38. The largest absolute Gasteiger partial charge is 0.465 e. The first kappa shape index (κ1) is 23.7. The molecule has 0 atom stereocenters. The van der Waals surface area contributed by atoms with Gasteiger partial charge >= 0.3 is 5.97 Å². The summed E-state index contributed by atoms with van der Waals surface area (Å²) in [5.41, 5.74) is 0.193. The van der Waals surface area contributed by atoms with E-state index >= 15 is 0 Å². The quantitative estimate of drug-likeness (QED) is 0.474. The molecule has 0 radical (unpaired) electrons. The van der Waals surface area contributed by atoms with Crippen molar-refractivity contribution in [3.8, 4) is 0 Å². The van der Waals surface area contributed by atoms with Crippen molar-refractivity contribution in [2.24, 2.45) is 10.9 Å². The van der Waals surface area contributed by atoms with Gasteiger partial charge in [0.25, 0.3) is 15.9 Å². The summed E-state index contributed by atoms with van der Waals surface area (Å²) < 4.78 is 48.5. The molecule has 12 heteroatoms. The minimum Gasteiger partial charge on any atom is -0.465 e. The zero-order valence-electron chi connectivity index (χ0n) is 17.8. The zero-order valence-corrected chi connectivity index (χ0v) is 20.2. The highest BCUT2D eigenvalue weighted by Gasteiger charge is 2.32. The van der Waals surface area contributed by atoms with Crippen LogP contribution < -0.4 is 4.80 Å². The van der Waals surface area contributed by atoms with Gasteiger partial charge in [0.15, 0.2) is 4.80 Å². The lowest BCUT2D eigenvalue weighted by Gasteiger charge is -2.29. The molecule has 8 nitrogen and oxygen atoms in total. The average molecular weight is 512 g/mol. The summed E-state index contributed by atoms with van der Waals surface area (Å²) >= 11 is 2.28. The average Bonchev–Trinajstić information content (AvgIpc) is 3.44. The standard InChI is InChI=1S/C21H22FN3O5S3/c1-2-30-17(26)13-25-19-15(22)5-3-6-16(19)32-21(25)23-20(27)14-8-10-24(11-9-14)33(28,29)18-7-4-12-31-18/h3-7,12,14H,2,8-11,13H2,1H3. The third kappa shape index (κ3) is 4.93. The molecular weight excluding hydrogens is 489 g/mol. The Labute approximate surface area is 198 Å². The molecular formula is C21H22FN3O5S3. The van der Waals surface area contributed by atoms with E-state index in [1.54, 1.807) is 36.6 Å². The van der Waals surface area contributed by atoms with E-state index in [0.717, 1.165) is 22.7 Å². The highest BCUT2D eigenvalue weighted by atomic mass is 32.2. The van der Waals surface area contributed by atoms with Gasteiger partial charge in [0.2, 0.25) is 0 Å². The Morgan fingerprint density at radius 2 is 1.97 bits per heavy atom. The van der Waals surface area contributed by atoms with Crippen molar-refractivity contribution in [2.75, 3.05) is 19.7 Å². The Morgan fingerprint density at radius 3 is 2.64 bits per heavy atom. The number of benzene rings is 1. The molecule has 1 aliphatic rings. The first-order valence-electron chi connectivity index (χ1n) is 10.4. The number of amides is 1. The lowest BCUT2D eigenvalue weighted by Crippen LogP contribution is -2.40. The Balaban J connectivity index is 1.57. The summed E-state index contributed by atoms with van der Waals surface area (Å²) in [4.78, 5) is 29.4. The molecule has 0 bridgehead atoms. The number of carbonyl (C=O) groups excluding carboxylic acids is 2. The second-order valence-corrected chi connectivity index (χ2v) is 11.5. The number of fused-ring (bicyclic) bond motifs is 1. The molecule has 1 saturated heterocycles. The smallest absolute Gasteiger partial charge is 0.326 e. The van der Waals surface area contributed by atoms with Crippen molar-refractivity contribution in [1.29, 1.82) is 0 Å². The maximum atomic E-state index is 14.5. The van der Waals surface area contributed by atoms with Crippen molar-refractivity contribution in [2.45, 2.75) is 30.5 Å². The van der Waals surface area contributed by atoms with Crippen molar-refractivity contribution < 1.29 is 27.1 Å². The summed E-state index contributed by atoms with van der Waals surface area (Å²) in [6.45, 7) is 2.03. The van der Waals surface area contributed by atoms with Crippen molar-refractivity contribution in [3.63, 3.8) is 0 Å². The predicted molar refractivity (Wildman–Crippen MR) is 123 cm³/mol. The van der Waals surface area contributed by atoms with Gasteiger partial charge in [-0.25, -0.2) is 12.8 Å². The molecule has 4 rings (SSSR count). The van der Waals surface area contributed by atoms with E-state index in [2.05, 4.69) is 4.99 Å². The summed E-state index contributed by atoms with van der Waals surface area (Å²) in [6.07, 6.45) is 0.675. The SMILES string of the molecule is CCOC(=O)Cn1c(=NC(=O)C2CCN(S(=O)(=O)c3cccs3)CC2)sc2cccc(F)c21. The van der Waals surface area contributed by atoms with Crippen molar-refractivity contribution in [3.05, 3.63) is 46.3 Å². The van der Waals surface area contributed by atoms with E-state index < -0.39 is 33.6 Å². The second kappa shape index (κ2) is 9.84. The van der Waals surface area contributed by atoms with Crippen molar-refractivity contribution in [1.82, 2.24) is 8.87 Å². The van der Waals surface area contributed by atoms with Crippen molar-refractivity contribution >= 4 is 54.8 Å². The Morgan fingerprint density at radius 1 is 1.21 bits per heavy atom. The van der Waals surface area contributed by atoms with Crippen LogP contribution in [0.15, 0.2) is 44.9 Å². The number of rotatable bonds is 6. The highest BCUT2D eigenvalue weighted by molar-refractivity contribution is 7.91. The van der Waals surface area contributed by atoms with E-state index in [1.807, 2.05) is 0 Å². The Bertz CT molecular complexity index is 1340. The summed E-state index contributed by atoms with van der Waals surface area (Å²) in [5.74, 6) is -1.94. The molecule has 33 heavy (non-hydrogen) atoms. The fraction of sp³-hybridized carbons (Fsp3) is 0.381. The van der Waals surface area contributed by atoms with Crippen LogP contribution in [0.5, 0.6) is 0 Å². The van der Waals surface area contributed by atoms with Crippen LogP contribution >= 0.6 is 22.7 Å². The van der Waals surface area contributed by atoms with Crippen LogP contribution in [0.4, 0.5) is 4.39 Å². The van der Waals surface area contributed by atoms with Gasteiger partial charge in [0, 0.05) is 19.0 Å². The van der Waals surface area contributed by atoms with Crippen LogP contribution in [-0.2, 0) is 30.9 Å². The first-order chi connectivity index (χ1) is 15.8. The molecule has 176 valence electrons. The van der Waals surface area contributed by atoms with Gasteiger partial charge in [-0.15, -0.1) is 11.3 Å². The molecule has 3 aromatic rings. The Hall–Kier alpha value is -2.41. The number of nitrogens with zero attached hydrogens (tertiary/aromatic N) is 3. The van der Waals surface area contributed by atoms with Gasteiger partial charge in [-0.1, -0.05) is 23.5 Å². The maximum Gasteiger partial charge on any atom is 0.326 e. The van der Waals surface area contributed by atoms with Gasteiger partial charge < -0.3 is 9.30 Å². The molecule has 3 heterocycles. The highest BCUT2D eigenvalue weighted by Crippen LogP contribution is 2.27. The van der Waals surface area contributed by atoms with Gasteiger partial charge in [-0.3, -0.25) is 9.59 Å². The van der Waals surface area contributed by atoms with E-state index in [9.17, 15) is 22.4 Å². The summed E-state index contributed by atoms with van der Waals surface area (Å²) in [5, 5.41) is 1.71. The predicted octanol–water partition coefficient (Wildman–Crippen LogP) is 2.99. The number of halogens is 1. The molecule has 0 aliphatic carbocycles. The molecule has 1 amide bonds. The van der Waals surface area contributed by atoms with Crippen LogP contribution in [-0.4, -0.2) is 48.9 Å². The monoisotopic (exact) mass is 511 g/mol. The molecule has 1 aromatic carbocycles. The number of hydrogen-bond acceptors (Lipinski definition) is 7. The summed E-state index contributed by atoms with van der Waals surface area (Å²) in [7, 11) is -3.56. The minimum absolute atomic E-state index is 0.183. The van der Waals surface area contributed by atoms with Crippen LogP contribution in [0.3, 0.4) is 0 Å². The van der Waals surface area contributed by atoms with Crippen LogP contribution in [0.2, 0.25) is 0 Å². The van der Waals surface area contributed by atoms with E-state index in [4.69, 9.17) is 4.74 Å². The van der Waals surface area contributed by atoms with Gasteiger partial charge in [-0.2, -0.15) is 9.30 Å². The lowest BCUT2D eigenvalue weighted by molar-refractivity contribution is -0.143. The third-order valence-electron chi connectivity index (χ3n) is 5.34. The van der Waals surface area contributed by atoms with E-state index in [-0.39, 0.29) is 40.8 Å². The molecule has 0 saturated carbocycles. The fourth-order valence-electron chi connectivity index (χ4n) is 3.72. The third-order valence-corrected chi connectivity index (χ3v) is 9.66. The number of piperidine rings is 1. The molecule has 0 unspecified atom stereocenters. The van der Waals surface area contributed by atoms with Gasteiger partial charge in [0.1, 0.15) is 16.6 Å². The first-order valence-corrected chi connectivity index (χ1v) is 13.5.